The predicted molar refractivity (Wildman–Crippen MR) is 113 cm³/mol. The Balaban J connectivity index is 1.78. The molecule has 0 aliphatic carbocycles. The number of hydrogen-bond acceptors (Lipinski definition) is 6. The summed E-state index contributed by atoms with van der Waals surface area (Å²) in [6, 6.07) is 7.25. The highest BCUT2D eigenvalue weighted by Crippen LogP contribution is 2.51. The third-order valence-electron chi connectivity index (χ3n) is 4.83. The molecule has 6 nitrogen and oxygen atoms in total. The molecule has 3 rings (SSSR count). The van der Waals surface area contributed by atoms with Crippen LogP contribution < -0.4 is 4.74 Å². The molecule has 2 heterocycles. The highest BCUT2D eigenvalue weighted by molar-refractivity contribution is 8.01. The van der Waals surface area contributed by atoms with Crippen LogP contribution in [0.3, 0.4) is 0 Å². The zero-order valence-electron chi connectivity index (χ0n) is 17.3. The van der Waals surface area contributed by atoms with Gasteiger partial charge in [0.25, 0.3) is 5.91 Å². The number of carbonyl (C=O) groups is 2. The molecule has 0 radical (unpaired) electrons. The molecule has 1 fully saturated rings. The molecule has 0 N–H and O–H groups in total. The zero-order valence-corrected chi connectivity index (χ0v) is 18.9. The van der Waals surface area contributed by atoms with Crippen molar-refractivity contribution in [1.29, 1.82) is 0 Å². The highest BCUT2D eigenvalue weighted by Gasteiger charge is 2.63. The van der Waals surface area contributed by atoms with E-state index in [1.165, 1.54) is 4.90 Å². The molecule has 158 valence electrons. The fraction of sp³-hybridized carbons (Fsp3) is 0.524. The molecule has 0 aromatic heterocycles. The Morgan fingerprint density at radius 2 is 1.97 bits per heavy atom. The van der Waals surface area contributed by atoms with Crippen molar-refractivity contribution in [3.8, 4) is 5.75 Å². The van der Waals surface area contributed by atoms with Crippen LogP contribution in [0.5, 0.6) is 5.75 Å². The van der Waals surface area contributed by atoms with Crippen molar-refractivity contribution in [3.05, 3.63) is 41.1 Å². The lowest BCUT2D eigenvalue weighted by molar-refractivity contribution is -0.191. The third-order valence-corrected chi connectivity index (χ3v) is 6.62. The molecule has 0 bridgehead atoms. The van der Waals surface area contributed by atoms with Gasteiger partial charge in [-0.2, -0.15) is 0 Å². The minimum Gasteiger partial charge on any atom is -0.497 e. The number of fused-ring (bicyclic) bond motifs is 1. The maximum atomic E-state index is 12.9. The molecule has 8 heteroatoms. The van der Waals surface area contributed by atoms with Crippen LogP contribution in [0.15, 0.2) is 35.5 Å². The lowest BCUT2D eigenvalue weighted by atomic mass is 9.94. The second-order valence-electron chi connectivity index (χ2n) is 8.14. The quantitative estimate of drug-likeness (QED) is 0.382. The predicted octanol–water partition coefficient (Wildman–Crippen LogP) is 3.72. The highest BCUT2D eigenvalue weighted by atomic mass is 35.5. The van der Waals surface area contributed by atoms with Crippen LogP contribution >= 0.6 is 23.4 Å². The van der Waals surface area contributed by atoms with E-state index in [9.17, 15) is 9.59 Å². The molecule has 0 unspecified atom stereocenters. The van der Waals surface area contributed by atoms with Crippen LogP contribution in [0.4, 0.5) is 0 Å². The van der Waals surface area contributed by atoms with Crippen molar-refractivity contribution in [3.63, 3.8) is 0 Å². The Morgan fingerprint density at radius 1 is 1.31 bits per heavy atom. The summed E-state index contributed by atoms with van der Waals surface area (Å²) in [5.41, 5.74) is 1.29. The first kappa shape index (κ1) is 22.0. The topological polar surface area (TPSA) is 65.1 Å². The largest absolute Gasteiger partial charge is 0.497 e. The van der Waals surface area contributed by atoms with Gasteiger partial charge in [0.2, 0.25) is 0 Å². The maximum absolute atomic E-state index is 12.9. The van der Waals surface area contributed by atoms with Crippen LogP contribution in [-0.2, 0) is 25.7 Å². The molecule has 2 atom stereocenters. The Labute approximate surface area is 180 Å². The monoisotopic (exact) mass is 439 g/mol. The minimum atomic E-state index is -0.658. The van der Waals surface area contributed by atoms with Crippen LogP contribution in [-0.4, -0.2) is 52.1 Å². The standard InChI is InChI=1S/C21H26ClNO5S/c1-20(2,3)28-17-18(24)23-16(14(10-22)12-29-21(17,23)4)19(25)27-11-13-6-8-15(26-5)9-7-13/h6-9,17H,10-12H2,1-5H3/t17-,21+/m0/s1. The van der Waals surface area contributed by atoms with Gasteiger partial charge in [-0.05, 0) is 51.0 Å². The van der Waals surface area contributed by atoms with Gasteiger partial charge in [0.05, 0.1) is 12.7 Å². The molecular weight excluding hydrogens is 414 g/mol. The first-order valence-electron chi connectivity index (χ1n) is 9.34. The van der Waals surface area contributed by atoms with Crippen molar-refractivity contribution in [1.82, 2.24) is 4.90 Å². The second-order valence-corrected chi connectivity index (χ2v) is 9.81. The lowest BCUT2D eigenvalue weighted by Crippen LogP contribution is -2.74. The average molecular weight is 440 g/mol. The van der Waals surface area contributed by atoms with E-state index in [1.807, 2.05) is 39.8 Å². The van der Waals surface area contributed by atoms with Crippen molar-refractivity contribution in [2.75, 3.05) is 18.7 Å². The molecule has 1 aromatic rings. The van der Waals surface area contributed by atoms with Gasteiger partial charge < -0.3 is 14.2 Å². The van der Waals surface area contributed by atoms with Gasteiger partial charge >= 0.3 is 5.97 Å². The zero-order chi connectivity index (χ0) is 21.4. The molecule has 2 aliphatic heterocycles. The van der Waals surface area contributed by atoms with E-state index in [4.69, 9.17) is 25.8 Å². The first-order chi connectivity index (χ1) is 13.6. The number of thioether (sulfide) groups is 1. The maximum Gasteiger partial charge on any atom is 0.355 e. The number of benzene rings is 1. The Morgan fingerprint density at radius 3 is 2.52 bits per heavy atom. The van der Waals surface area contributed by atoms with Gasteiger partial charge in [0.1, 0.15) is 22.9 Å². The Hall–Kier alpha value is -1.70. The summed E-state index contributed by atoms with van der Waals surface area (Å²) >= 11 is 7.64. The number of methoxy groups -OCH3 is 1. The summed E-state index contributed by atoms with van der Waals surface area (Å²) in [6.45, 7) is 7.73. The molecule has 0 spiro atoms. The van der Waals surface area contributed by atoms with Gasteiger partial charge in [0, 0.05) is 11.6 Å². The summed E-state index contributed by atoms with van der Waals surface area (Å²) in [7, 11) is 1.59. The number of carbonyl (C=O) groups excluding carboxylic acids is 2. The molecular formula is C21H26ClNO5S. The van der Waals surface area contributed by atoms with E-state index in [-0.39, 0.29) is 24.1 Å². The summed E-state index contributed by atoms with van der Waals surface area (Å²) in [6.07, 6.45) is -0.617. The molecule has 1 aromatic carbocycles. The molecule has 1 saturated heterocycles. The smallest absolute Gasteiger partial charge is 0.355 e. The van der Waals surface area contributed by atoms with E-state index >= 15 is 0 Å². The van der Waals surface area contributed by atoms with Crippen LogP contribution in [0.1, 0.15) is 33.3 Å². The third kappa shape index (κ3) is 4.27. The number of β-lactam (4-membered cyclic amide) rings is 1. The van der Waals surface area contributed by atoms with E-state index in [2.05, 4.69) is 0 Å². The van der Waals surface area contributed by atoms with Crippen LogP contribution in [0, 0.1) is 0 Å². The van der Waals surface area contributed by atoms with Crippen molar-refractivity contribution in [2.24, 2.45) is 0 Å². The fourth-order valence-electron chi connectivity index (χ4n) is 3.34. The van der Waals surface area contributed by atoms with Gasteiger partial charge in [-0.15, -0.1) is 23.4 Å². The van der Waals surface area contributed by atoms with Gasteiger partial charge in [-0.3, -0.25) is 9.69 Å². The minimum absolute atomic E-state index is 0.0930. The SMILES string of the molecule is COc1ccc(COC(=O)C2=C(CCl)CS[C@]3(C)[C@@H](OC(C)(C)C)C(=O)N23)cc1. The van der Waals surface area contributed by atoms with Gasteiger partial charge in [-0.1, -0.05) is 12.1 Å². The van der Waals surface area contributed by atoms with Crippen molar-refractivity contribution in [2.45, 2.75) is 50.9 Å². The number of nitrogens with zero attached hydrogens (tertiary/aromatic N) is 1. The van der Waals surface area contributed by atoms with Gasteiger partial charge in [-0.25, -0.2) is 4.79 Å². The second kappa shape index (κ2) is 8.20. The van der Waals surface area contributed by atoms with Gasteiger partial charge in [0.15, 0.2) is 6.10 Å². The Kier molecular flexibility index (Phi) is 6.22. The average Bonchev–Trinajstić information content (AvgIpc) is 2.69. The van der Waals surface area contributed by atoms with E-state index in [0.717, 1.165) is 11.3 Å². The molecule has 1 amide bonds. The van der Waals surface area contributed by atoms with Crippen LogP contribution in [0.25, 0.3) is 0 Å². The Bertz CT molecular complexity index is 832. The van der Waals surface area contributed by atoms with Crippen molar-refractivity contribution < 1.29 is 23.8 Å². The summed E-state index contributed by atoms with van der Waals surface area (Å²) < 4.78 is 16.6. The number of esters is 1. The number of hydrogen-bond donors (Lipinski definition) is 0. The number of rotatable bonds is 6. The van der Waals surface area contributed by atoms with E-state index in [1.54, 1.807) is 31.0 Å². The van der Waals surface area contributed by atoms with Crippen molar-refractivity contribution >= 4 is 35.2 Å². The number of alkyl halides is 1. The summed E-state index contributed by atoms with van der Waals surface area (Å²) in [4.78, 5) is 26.6. The van der Waals surface area contributed by atoms with Crippen LogP contribution in [0.2, 0.25) is 0 Å². The first-order valence-corrected chi connectivity index (χ1v) is 10.9. The normalized spacial score (nSPS) is 24.1. The number of ether oxygens (including phenoxy) is 3. The summed E-state index contributed by atoms with van der Waals surface area (Å²) in [5.74, 6) is 0.633. The molecule has 0 saturated carbocycles. The van der Waals surface area contributed by atoms with E-state index < -0.39 is 22.5 Å². The fourth-order valence-corrected chi connectivity index (χ4v) is 4.99. The van der Waals surface area contributed by atoms with E-state index in [0.29, 0.717) is 11.3 Å². The number of amides is 1. The molecule has 29 heavy (non-hydrogen) atoms. The number of halogens is 1. The molecule has 2 aliphatic rings. The summed E-state index contributed by atoms with van der Waals surface area (Å²) in [5, 5.41) is 0. The lowest BCUT2D eigenvalue weighted by Gasteiger charge is -2.58.